The van der Waals surface area contributed by atoms with Crippen LogP contribution in [0.2, 0.25) is 5.02 Å². The standard InChI is InChI=1S/C20H14ClN3O/c21-13-6-5-7-14(12-13)22-20(25)24-19-15-8-1-3-10-17(15)23-18-11-4-2-9-16(18)19/h1-12H,(H2,22,23,24,25). The highest BCUT2D eigenvalue weighted by Crippen LogP contribution is 2.30. The zero-order valence-electron chi connectivity index (χ0n) is 13.2. The number of aromatic nitrogens is 1. The Morgan fingerprint density at radius 3 is 2.08 bits per heavy atom. The fraction of sp³-hybridized carbons (Fsp3) is 0. The molecule has 4 rings (SSSR count). The molecule has 4 nitrogen and oxygen atoms in total. The summed E-state index contributed by atoms with van der Waals surface area (Å²) < 4.78 is 0. The predicted molar refractivity (Wildman–Crippen MR) is 103 cm³/mol. The second kappa shape index (κ2) is 6.42. The summed E-state index contributed by atoms with van der Waals surface area (Å²) in [6.45, 7) is 0. The van der Waals surface area contributed by atoms with Crippen LogP contribution in [0.1, 0.15) is 0 Å². The summed E-state index contributed by atoms with van der Waals surface area (Å²) in [5, 5.41) is 8.12. The van der Waals surface area contributed by atoms with Gasteiger partial charge in [0.1, 0.15) is 0 Å². The van der Waals surface area contributed by atoms with Crippen LogP contribution in [0.25, 0.3) is 21.8 Å². The minimum absolute atomic E-state index is 0.330. The van der Waals surface area contributed by atoms with Crippen LogP contribution in [-0.4, -0.2) is 11.0 Å². The van der Waals surface area contributed by atoms with Crippen molar-refractivity contribution >= 4 is 50.8 Å². The topological polar surface area (TPSA) is 54.0 Å². The Morgan fingerprint density at radius 1 is 0.800 bits per heavy atom. The van der Waals surface area contributed by atoms with Crippen LogP contribution < -0.4 is 10.6 Å². The first kappa shape index (κ1) is 15.4. The first-order valence-corrected chi connectivity index (χ1v) is 8.19. The van der Waals surface area contributed by atoms with E-state index in [9.17, 15) is 4.79 Å². The number of hydrogen-bond donors (Lipinski definition) is 2. The monoisotopic (exact) mass is 347 g/mol. The number of amides is 2. The van der Waals surface area contributed by atoms with E-state index in [1.807, 2.05) is 48.5 Å². The van der Waals surface area contributed by atoms with Gasteiger partial charge in [-0.15, -0.1) is 0 Å². The van der Waals surface area contributed by atoms with Crippen molar-refractivity contribution in [2.75, 3.05) is 10.6 Å². The molecule has 0 bridgehead atoms. The Balaban J connectivity index is 1.75. The van der Waals surface area contributed by atoms with Gasteiger partial charge in [-0.2, -0.15) is 0 Å². The van der Waals surface area contributed by atoms with E-state index in [2.05, 4.69) is 15.6 Å². The molecular formula is C20H14ClN3O. The van der Waals surface area contributed by atoms with Crippen LogP contribution in [0, 0.1) is 0 Å². The van der Waals surface area contributed by atoms with Gasteiger partial charge in [-0.05, 0) is 30.3 Å². The Morgan fingerprint density at radius 2 is 1.44 bits per heavy atom. The molecule has 4 aromatic rings. The van der Waals surface area contributed by atoms with Crippen LogP contribution in [0.3, 0.4) is 0 Å². The van der Waals surface area contributed by atoms with E-state index in [0.717, 1.165) is 27.5 Å². The lowest BCUT2D eigenvalue weighted by molar-refractivity contribution is 0.262. The third-order valence-electron chi connectivity index (χ3n) is 3.91. The molecule has 0 spiro atoms. The lowest BCUT2D eigenvalue weighted by Crippen LogP contribution is -2.19. The number of anilines is 2. The van der Waals surface area contributed by atoms with Crippen LogP contribution in [0.4, 0.5) is 16.2 Å². The molecule has 5 heteroatoms. The molecule has 0 fully saturated rings. The largest absolute Gasteiger partial charge is 0.323 e. The lowest BCUT2D eigenvalue weighted by atomic mass is 10.1. The first-order valence-electron chi connectivity index (χ1n) is 7.82. The van der Waals surface area contributed by atoms with Crippen LogP contribution in [0.15, 0.2) is 72.8 Å². The average molecular weight is 348 g/mol. The fourth-order valence-electron chi connectivity index (χ4n) is 2.82. The Bertz CT molecular complexity index is 1040. The lowest BCUT2D eigenvalue weighted by Gasteiger charge is -2.13. The molecule has 3 aromatic carbocycles. The van der Waals surface area contributed by atoms with Gasteiger partial charge in [-0.3, -0.25) is 0 Å². The van der Waals surface area contributed by atoms with Gasteiger partial charge in [0.2, 0.25) is 0 Å². The molecule has 0 radical (unpaired) electrons. The number of rotatable bonds is 2. The van der Waals surface area contributed by atoms with E-state index < -0.39 is 0 Å². The number of carbonyl (C=O) groups excluding carboxylic acids is 1. The Kier molecular flexibility index (Phi) is 3.96. The van der Waals surface area contributed by atoms with Gasteiger partial charge >= 0.3 is 6.03 Å². The number of benzene rings is 3. The van der Waals surface area contributed by atoms with Crippen LogP contribution >= 0.6 is 11.6 Å². The molecule has 2 amide bonds. The summed E-state index contributed by atoms with van der Waals surface area (Å²) in [5.41, 5.74) is 3.03. The first-order chi connectivity index (χ1) is 12.2. The number of hydrogen-bond acceptors (Lipinski definition) is 2. The van der Waals surface area contributed by atoms with Gasteiger partial charge in [0.25, 0.3) is 0 Å². The molecule has 0 aliphatic rings. The van der Waals surface area contributed by atoms with Gasteiger partial charge in [0, 0.05) is 21.5 Å². The van der Waals surface area contributed by atoms with Crippen molar-refractivity contribution in [2.24, 2.45) is 0 Å². The Hall–Kier alpha value is -3.11. The number of carbonyl (C=O) groups is 1. The fourth-order valence-corrected chi connectivity index (χ4v) is 3.01. The maximum atomic E-state index is 12.5. The summed E-state index contributed by atoms with van der Waals surface area (Å²) >= 11 is 5.96. The smallest absolute Gasteiger partial charge is 0.308 e. The number of nitrogens with zero attached hydrogens (tertiary/aromatic N) is 1. The molecular weight excluding hydrogens is 334 g/mol. The number of halogens is 1. The number of fused-ring (bicyclic) bond motifs is 2. The van der Waals surface area contributed by atoms with Crippen molar-refractivity contribution in [2.45, 2.75) is 0 Å². The van der Waals surface area contributed by atoms with Crippen molar-refractivity contribution in [1.82, 2.24) is 4.98 Å². The summed E-state index contributed by atoms with van der Waals surface area (Å²) in [4.78, 5) is 17.1. The van der Waals surface area contributed by atoms with Gasteiger partial charge in [-0.1, -0.05) is 54.1 Å². The summed E-state index contributed by atoms with van der Waals surface area (Å²) in [7, 11) is 0. The second-order valence-corrected chi connectivity index (χ2v) is 6.05. The van der Waals surface area contributed by atoms with E-state index in [1.165, 1.54) is 0 Å². The third-order valence-corrected chi connectivity index (χ3v) is 4.14. The molecule has 0 unspecified atom stereocenters. The third kappa shape index (κ3) is 3.12. The minimum Gasteiger partial charge on any atom is -0.308 e. The van der Waals surface area contributed by atoms with Gasteiger partial charge in [-0.25, -0.2) is 9.78 Å². The van der Waals surface area contributed by atoms with E-state index in [-0.39, 0.29) is 6.03 Å². The van der Waals surface area contributed by atoms with E-state index in [0.29, 0.717) is 10.7 Å². The minimum atomic E-state index is -0.330. The zero-order valence-corrected chi connectivity index (χ0v) is 13.9. The maximum Gasteiger partial charge on any atom is 0.323 e. The van der Waals surface area contributed by atoms with Gasteiger partial charge in [0.15, 0.2) is 0 Å². The normalized spacial score (nSPS) is 10.8. The average Bonchev–Trinajstić information content (AvgIpc) is 2.61. The Labute approximate surface area is 149 Å². The molecule has 25 heavy (non-hydrogen) atoms. The number of nitrogens with one attached hydrogen (secondary N) is 2. The van der Waals surface area contributed by atoms with E-state index in [4.69, 9.17) is 11.6 Å². The predicted octanol–water partition coefficient (Wildman–Crippen LogP) is 5.69. The molecule has 0 aliphatic heterocycles. The molecule has 2 N–H and O–H groups in total. The number of urea groups is 1. The molecule has 0 saturated heterocycles. The molecule has 0 saturated carbocycles. The van der Waals surface area contributed by atoms with E-state index >= 15 is 0 Å². The molecule has 0 aliphatic carbocycles. The van der Waals surface area contributed by atoms with Crippen LogP contribution in [-0.2, 0) is 0 Å². The van der Waals surface area contributed by atoms with Gasteiger partial charge < -0.3 is 10.6 Å². The molecule has 1 aromatic heterocycles. The van der Waals surface area contributed by atoms with Gasteiger partial charge in [0.05, 0.1) is 16.7 Å². The highest BCUT2D eigenvalue weighted by Gasteiger charge is 2.11. The van der Waals surface area contributed by atoms with Crippen molar-refractivity contribution in [3.05, 3.63) is 77.8 Å². The van der Waals surface area contributed by atoms with E-state index in [1.54, 1.807) is 24.3 Å². The van der Waals surface area contributed by atoms with Crippen molar-refractivity contribution in [3.8, 4) is 0 Å². The SMILES string of the molecule is O=C(Nc1cccc(Cl)c1)Nc1c2ccccc2nc2ccccc12. The highest BCUT2D eigenvalue weighted by molar-refractivity contribution is 6.31. The maximum absolute atomic E-state index is 12.5. The summed E-state index contributed by atoms with van der Waals surface area (Å²) in [6, 6.07) is 22.2. The van der Waals surface area contributed by atoms with Crippen molar-refractivity contribution < 1.29 is 4.79 Å². The molecule has 0 atom stereocenters. The molecule has 1 heterocycles. The van der Waals surface area contributed by atoms with Crippen LogP contribution in [0.5, 0.6) is 0 Å². The molecule has 122 valence electrons. The summed E-state index contributed by atoms with van der Waals surface area (Å²) in [5.74, 6) is 0. The highest BCUT2D eigenvalue weighted by atomic mass is 35.5. The number of pyridine rings is 1. The zero-order chi connectivity index (χ0) is 17.2. The van der Waals surface area contributed by atoms with Crippen molar-refractivity contribution in [1.29, 1.82) is 0 Å². The number of para-hydroxylation sites is 2. The summed E-state index contributed by atoms with van der Waals surface area (Å²) in [6.07, 6.45) is 0. The quantitative estimate of drug-likeness (QED) is 0.458. The van der Waals surface area contributed by atoms with Crippen molar-refractivity contribution in [3.63, 3.8) is 0 Å². The second-order valence-electron chi connectivity index (χ2n) is 5.61.